The van der Waals surface area contributed by atoms with Gasteiger partial charge in [0.25, 0.3) is 0 Å². The highest BCUT2D eigenvalue weighted by Crippen LogP contribution is 2.37. The SMILES string of the molecule is CSc1ccccc1C(O)C1CCCCC1. The van der Waals surface area contributed by atoms with Gasteiger partial charge in [-0.15, -0.1) is 11.8 Å². The molecule has 0 amide bonds. The lowest BCUT2D eigenvalue weighted by Gasteiger charge is -2.27. The molecule has 1 aromatic carbocycles. The summed E-state index contributed by atoms with van der Waals surface area (Å²) >= 11 is 1.73. The molecule has 0 heterocycles. The molecule has 1 atom stereocenters. The first-order chi connectivity index (χ1) is 7.83. The third-order valence-electron chi connectivity index (χ3n) is 3.55. The number of hydrogen-bond acceptors (Lipinski definition) is 2. The van der Waals surface area contributed by atoms with E-state index in [1.807, 2.05) is 12.1 Å². The number of hydrogen-bond donors (Lipinski definition) is 1. The highest BCUT2D eigenvalue weighted by atomic mass is 32.2. The molecule has 1 unspecified atom stereocenters. The van der Waals surface area contributed by atoms with Crippen molar-refractivity contribution in [2.45, 2.75) is 43.1 Å². The van der Waals surface area contributed by atoms with E-state index in [0.29, 0.717) is 5.92 Å². The van der Waals surface area contributed by atoms with E-state index in [-0.39, 0.29) is 6.10 Å². The summed E-state index contributed by atoms with van der Waals surface area (Å²) < 4.78 is 0. The average molecular weight is 236 g/mol. The van der Waals surface area contributed by atoms with Crippen LogP contribution in [0.2, 0.25) is 0 Å². The van der Waals surface area contributed by atoms with Gasteiger partial charge in [-0.05, 0) is 36.6 Å². The number of benzene rings is 1. The van der Waals surface area contributed by atoms with Gasteiger partial charge in [0.15, 0.2) is 0 Å². The molecule has 1 fully saturated rings. The monoisotopic (exact) mass is 236 g/mol. The summed E-state index contributed by atoms with van der Waals surface area (Å²) in [5.74, 6) is 0.474. The van der Waals surface area contributed by atoms with Crippen LogP contribution in [-0.2, 0) is 0 Å². The van der Waals surface area contributed by atoms with Gasteiger partial charge in [0, 0.05) is 4.90 Å². The standard InChI is InChI=1S/C14H20OS/c1-16-13-10-6-5-9-12(13)14(15)11-7-3-2-4-8-11/h5-6,9-11,14-15H,2-4,7-8H2,1H3. The lowest BCUT2D eigenvalue weighted by atomic mass is 9.83. The second-order valence-corrected chi connectivity index (χ2v) is 5.43. The minimum atomic E-state index is -0.260. The zero-order valence-corrected chi connectivity index (χ0v) is 10.7. The highest BCUT2D eigenvalue weighted by Gasteiger charge is 2.24. The van der Waals surface area contributed by atoms with E-state index >= 15 is 0 Å². The predicted molar refractivity (Wildman–Crippen MR) is 69.8 cm³/mol. The van der Waals surface area contributed by atoms with Crippen LogP contribution in [0.4, 0.5) is 0 Å². The average Bonchev–Trinajstić information content (AvgIpc) is 2.39. The van der Waals surface area contributed by atoms with Crippen molar-refractivity contribution in [2.75, 3.05) is 6.26 Å². The molecule has 1 aliphatic carbocycles. The van der Waals surface area contributed by atoms with Crippen LogP contribution in [0.15, 0.2) is 29.2 Å². The Labute approximate surface area is 102 Å². The summed E-state index contributed by atoms with van der Waals surface area (Å²) in [6.45, 7) is 0. The van der Waals surface area contributed by atoms with Crippen molar-refractivity contribution >= 4 is 11.8 Å². The Balaban J connectivity index is 2.15. The molecule has 0 bridgehead atoms. The Morgan fingerprint density at radius 1 is 1.19 bits per heavy atom. The van der Waals surface area contributed by atoms with Crippen molar-refractivity contribution in [2.24, 2.45) is 5.92 Å². The van der Waals surface area contributed by atoms with E-state index in [1.54, 1.807) is 11.8 Å². The van der Waals surface area contributed by atoms with Crippen LogP contribution in [0.5, 0.6) is 0 Å². The number of rotatable bonds is 3. The van der Waals surface area contributed by atoms with Crippen molar-refractivity contribution in [3.8, 4) is 0 Å². The summed E-state index contributed by atoms with van der Waals surface area (Å²) in [5.41, 5.74) is 1.13. The second-order valence-electron chi connectivity index (χ2n) is 4.58. The maximum absolute atomic E-state index is 10.4. The van der Waals surface area contributed by atoms with E-state index in [1.165, 1.54) is 37.0 Å². The van der Waals surface area contributed by atoms with Crippen LogP contribution in [0.3, 0.4) is 0 Å². The van der Waals surface area contributed by atoms with Crippen molar-refractivity contribution in [1.82, 2.24) is 0 Å². The molecule has 1 N–H and O–H groups in total. The Bertz CT molecular complexity index is 331. The molecule has 1 saturated carbocycles. The van der Waals surface area contributed by atoms with Gasteiger partial charge in [-0.1, -0.05) is 37.5 Å². The second kappa shape index (κ2) is 5.74. The molecule has 16 heavy (non-hydrogen) atoms. The van der Waals surface area contributed by atoms with Gasteiger partial charge >= 0.3 is 0 Å². The predicted octanol–water partition coefficient (Wildman–Crippen LogP) is 4.02. The topological polar surface area (TPSA) is 20.2 Å². The van der Waals surface area contributed by atoms with Crippen molar-refractivity contribution < 1.29 is 5.11 Å². The van der Waals surface area contributed by atoms with E-state index in [2.05, 4.69) is 18.4 Å². The van der Waals surface area contributed by atoms with Crippen molar-refractivity contribution in [3.05, 3.63) is 29.8 Å². The summed E-state index contributed by atoms with van der Waals surface area (Å²) in [6, 6.07) is 8.25. The molecule has 88 valence electrons. The third kappa shape index (κ3) is 2.61. The first-order valence-electron chi connectivity index (χ1n) is 6.14. The minimum Gasteiger partial charge on any atom is -0.388 e. The van der Waals surface area contributed by atoms with Gasteiger partial charge in [-0.2, -0.15) is 0 Å². The first-order valence-corrected chi connectivity index (χ1v) is 7.36. The molecule has 0 aliphatic heterocycles. The Morgan fingerprint density at radius 3 is 2.56 bits per heavy atom. The van der Waals surface area contributed by atoms with E-state index in [0.717, 1.165) is 5.56 Å². The van der Waals surface area contributed by atoms with Gasteiger partial charge < -0.3 is 5.11 Å². The fourth-order valence-corrected chi connectivity index (χ4v) is 3.25. The molecular formula is C14H20OS. The molecular weight excluding hydrogens is 216 g/mol. The number of thioether (sulfide) groups is 1. The lowest BCUT2D eigenvalue weighted by Crippen LogP contribution is -2.16. The van der Waals surface area contributed by atoms with Gasteiger partial charge in [-0.25, -0.2) is 0 Å². The summed E-state index contributed by atoms with van der Waals surface area (Å²) in [4.78, 5) is 1.22. The van der Waals surface area contributed by atoms with Crippen molar-refractivity contribution in [3.63, 3.8) is 0 Å². The molecule has 1 nitrogen and oxygen atoms in total. The van der Waals surface area contributed by atoms with Gasteiger partial charge in [0.2, 0.25) is 0 Å². The lowest BCUT2D eigenvalue weighted by molar-refractivity contribution is 0.0826. The van der Waals surface area contributed by atoms with Crippen LogP contribution in [-0.4, -0.2) is 11.4 Å². The summed E-state index contributed by atoms with van der Waals surface area (Å²) in [7, 11) is 0. The number of aliphatic hydroxyl groups excluding tert-OH is 1. The fourth-order valence-electron chi connectivity index (χ4n) is 2.61. The Hall–Kier alpha value is -0.470. The zero-order chi connectivity index (χ0) is 11.4. The van der Waals surface area contributed by atoms with E-state index in [4.69, 9.17) is 0 Å². The normalized spacial score (nSPS) is 19.6. The molecule has 0 saturated heterocycles. The molecule has 1 aliphatic rings. The summed E-state index contributed by atoms with van der Waals surface area (Å²) in [6.07, 6.45) is 8.09. The summed E-state index contributed by atoms with van der Waals surface area (Å²) in [5, 5.41) is 10.4. The van der Waals surface area contributed by atoms with Crippen LogP contribution in [0.25, 0.3) is 0 Å². The van der Waals surface area contributed by atoms with Crippen LogP contribution < -0.4 is 0 Å². The maximum atomic E-state index is 10.4. The van der Waals surface area contributed by atoms with E-state index in [9.17, 15) is 5.11 Å². The molecule has 2 rings (SSSR count). The van der Waals surface area contributed by atoms with Gasteiger partial charge in [0.05, 0.1) is 6.10 Å². The highest BCUT2D eigenvalue weighted by molar-refractivity contribution is 7.98. The smallest absolute Gasteiger partial charge is 0.0828 e. The molecule has 2 heteroatoms. The van der Waals surface area contributed by atoms with Crippen LogP contribution >= 0.6 is 11.8 Å². The quantitative estimate of drug-likeness (QED) is 0.800. The molecule has 1 aromatic rings. The van der Waals surface area contributed by atoms with Crippen molar-refractivity contribution in [1.29, 1.82) is 0 Å². The fraction of sp³-hybridized carbons (Fsp3) is 0.571. The molecule has 0 radical (unpaired) electrons. The Kier molecular flexibility index (Phi) is 4.30. The Morgan fingerprint density at radius 2 is 1.88 bits per heavy atom. The van der Waals surface area contributed by atoms with E-state index < -0.39 is 0 Å². The zero-order valence-electron chi connectivity index (χ0n) is 9.86. The largest absolute Gasteiger partial charge is 0.388 e. The molecule has 0 spiro atoms. The van der Waals surface area contributed by atoms with Gasteiger partial charge in [0.1, 0.15) is 0 Å². The maximum Gasteiger partial charge on any atom is 0.0828 e. The first kappa shape index (κ1) is 12.0. The molecule has 0 aromatic heterocycles. The number of aliphatic hydroxyl groups is 1. The van der Waals surface area contributed by atoms with Crippen LogP contribution in [0.1, 0.15) is 43.8 Å². The minimum absolute atomic E-state index is 0.260. The third-order valence-corrected chi connectivity index (χ3v) is 4.37. The van der Waals surface area contributed by atoms with Gasteiger partial charge in [-0.3, -0.25) is 0 Å². The van der Waals surface area contributed by atoms with Crippen LogP contribution in [0, 0.1) is 5.92 Å².